The number of nitrogens with zero attached hydrogens (tertiary/aromatic N) is 1. The Morgan fingerprint density at radius 1 is 0.556 bits per heavy atom. The van der Waals surface area contributed by atoms with Gasteiger partial charge in [0.2, 0.25) is 0 Å². The summed E-state index contributed by atoms with van der Waals surface area (Å²) in [5, 5.41) is 0. The molecule has 1 rings (SSSR count). The van der Waals surface area contributed by atoms with Crippen LogP contribution >= 0.6 is 0 Å². The maximum Gasteiger partial charge on any atom is 0.508 e. The Kier molecular flexibility index (Phi) is 40.8. The Morgan fingerprint density at radius 2 is 1.05 bits per heavy atom. The zero-order chi connectivity index (χ0) is 45.7. The van der Waals surface area contributed by atoms with Crippen molar-refractivity contribution in [3.8, 4) is 0 Å². The summed E-state index contributed by atoms with van der Waals surface area (Å²) in [6.07, 6.45) is 42.6. The van der Waals surface area contributed by atoms with Gasteiger partial charge in [0.15, 0.2) is 6.29 Å². The van der Waals surface area contributed by atoms with Gasteiger partial charge in [0.05, 0.1) is 32.2 Å². The Hall–Kier alpha value is -2.95. The lowest BCUT2D eigenvalue weighted by Crippen LogP contribution is -2.37. The molecular formula is C53H93NO9. The van der Waals surface area contributed by atoms with Crippen molar-refractivity contribution in [2.75, 3.05) is 59.3 Å². The second kappa shape index (κ2) is 44.3. The van der Waals surface area contributed by atoms with E-state index in [1.54, 1.807) is 0 Å². The number of allylic oxidation sites excluding steroid dienone is 6. The number of hydrogen-bond donors (Lipinski definition) is 0. The van der Waals surface area contributed by atoms with E-state index < -0.39 is 24.3 Å². The molecular weight excluding hydrogens is 795 g/mol. The highest BCUT2D eigenvalue weighted by Crippen LogP contribution is 2.17. The summed E-state index contributed by atoms with van der Waals surface area (Å²) in [6.45, 7) is 12.9. The van der Waals surface area contributed by atoms with E-state index in [1.165, 1.54) is 64.2 Å². The van der Waals surface area contributed by atoms with Gasteiger partial charge in [0.1, 0.15) is 19.8 Å². The molecule has 10 nitrogen and oxygen atoms in total. The highest BCUT2D eigenvalue weighted by atomic mass is 16.7. The van der Waals surface area contributed by atoms with E-state index in [-0.39, 0.29) is 38.1 Å². The first kappa shape index (κ1) is 58.1. The Balaban J connectivity index is 2.59. The topological polar surface area (TPSA) is 110 Å². The molecule has 2 unspecified atom stereocenters. The number of likely N-dealkylation sites (tertiary alicyclic amines) is 1. The van der Waals surface area contributed by atoms with Crippen LogP contribution in [0.25, 0.3) is 0 Å². The molecule has 0 aromatic heterocycles. The van der Waals surface area contributed by atoms with E-state index >= 15 is 0 Å². The first-order valence-corrected chi connectivity index (χ1v) is 25.6. The smallest absolute Gasteiger partial charge is 0.465 e. The molecule has 0 N–H and O–H groups in total. The molecule has 0 aromatic carbocycles. The van der Waals surface area contributed by atoms with Crippen molar-refractivity contribution in [3.05, 3.63) is 48.6 Å². The largest absolute Gasteiger partial charge is 0.508 e. The Bertz CT molecular complexity index is 1170. The third-order valence-electron chi connectivity index (χ3n) is 11.3. The van der Waals surface area contributed by atoms with E-state index in [0.717, 1.165) is 103 Å². The van der Waals surface area contributed by atoms with E-state index in [2.05, 4.69) is 81.2 Å². The van der Waals surface area contributed by atoms with Crippen LogP contribution in [0.15, 0.2) is 48.6 Å². The summed E-state index contributed by atoms with van der Waals surface area (Å²) in [7, 11) is 0. The van der Waals surface area contributed by atoms with Crippen molar-refractivity contribution < 1.29 is 42.8 Å². The summed E-state index contributed by atoms with van der Waals surface area (Å²) in [5.74, 6) is -0.979. The van der Waals surface area contributed by atoms with Crippen LogP contribution in [0.2, 0.25) is 0 Å². The fraction of sp³-hybridized carbons (Fsp3) is 0.792. The van der Waals surface area contributed by atoms with Gasteiger partial charge in [-0.1, -0.05) is 134 Å². The number of piperidine rings is 1. The maximum atomic E-state index is 13.0. The van der Waals surface area contributed by atoms with Gasteiger partial charge in [0, 0.05) is 25.3 Å². The molecule has 1 aliphatic rings. The molecule has 1 aliphatic heterocycles. The predicted octanol–water partition coefficient (Wildman–Crippen LogP) is 13.6. The second-order valence-corrected chi connectivity index (χ2v) is 17.2. The first-order chi connectivity index (χ1) is 30.9. The van der Waals surface area contributed by atoms with E-state index in [4.69, 9.17) is 28.4 Å². The molecule has 0 amide bonds. The molecule has 0 spiro atoms. The highest BCUT2D eigenvalue weighted by molar-refractivity contribution is 5.69. The van der Waals surface area contributed by atoms with Gasteiger partial charge in [0.25, 0.3) is 0 Å². The summed E-state index contributed by atoms with van der Waals surface area (Å²) < 4.78 is 34.3. The number of rotatable bonds is 42. The minimum absolute atomic E-state index is 0.0273. The van der Waals surface area contributed by atoms with Crippen molar-refractivity contribution in [3.63, 3.8) is 0 Å². The summed E-state index contributed by atoms with van der Waals surface area (Å²) >= 11 is 0. The molecule has 10 heteroatoms. The Labute approximate surface area is 385 Å². The van der Waals surface area contributed by atoms with Crippen molar-refractivity contribution in [1.82, 2.24) is 4.90 Å². The fourth-order valence-electron chi connectivity index (χ4n) is 7.26. The molecule has 63 heavy (non-hydrogen) atoms. The van der Waals surface area contributed by atoms with Crippen LogP contribution in [0.1, 0.15) is 195 Å². The number of unbranched alkanes of at least 4 members (excludes halogenated alkanes) is 14. The fourth-order valence-corrected chi connectivity index (χ4v) is 7.26. The third kappa shape index (κ3) is 38.1. The molecule has 0 bridgehead atoms. The van der Waals surface area contributed by atoms with Crippen molar-refractivity contribution in [2.45, 2.75) is 201 Å². The molecule has 1 heterocycles. The average molecular weight is 888 g/mol. The monoisotopic (exact) mass is 888 g/mol. The van der Waals surface area contributed by atoms with Crippen LogP contribution in [-0.2, 0) is 38.0 Å². The molecule has 1 saturated heterocycles. The number of hydrogen-bond acceptors (Lipinski definition) is 10. The number of ether oxygens (including phenoxy) is 6. The molecule has 0 aliphatic carbocycles. The van der Waals surface area contributed by atoms with Crippen LogP contribution in [-0.4, -0.2) is 88.6 Å². The first-order valence-electron chi connectivity index (χ1n) is 25.6. The van der Waals surface area contributed by atoms with Crippen LogP contribution in [0.5, 0.6) is 0 Å². The van der Waals surface area contributed by atoms with Crippen molar-refractivity contribution in [1.29, 1.82) is 0 Å². The lowest BCUT2D eigenvalue weighted by Gasteiger charge is -2.31. The molecule has 2 atom stereocenters. The Morgan fingerprint density at radius 3 is 1.62 bits per heavy atom. The summed E-state index contributed by atoms with van der Waals surface area (Å²) in [6, 6.07) is 0. The van der Waals surface area contributed by atoms with Gasteiger partial charge in [-0.25, -0.2) is 4.79 Å². The lowest BCUT2D eigenvalue weighted by molar-refractivity contribution is -0.160. The van der Waals surface area contributed by atoms with Gasteiger partial charge in [-0.05, 0) is 103 Å². The second-order valence-electron chi connectivity index (χ2n) is 17.2. The van der Waals surface area contributed by atoms with Crippen molar-refractivity contribution >= 4 is 18.1 Å². The van der Waals surface area contributed by atoms with E-state index in [1.807, 2.05) is 0 Å². The van der Waals surface area contributed by atoms with Crippen LogP contribution < -0.4 is 0 Å². The minimum Gasteiger partial charge on any atom is -0.465 e. The standard InChI is InChI=1S/C53H93NO9/c1-5-9-12-15-18-19-20-21-22-23-24-25-26-29-32-37-50(55)60-45-49(47-63-53(57)62-44-48-36-35-40-54(8-4)43-48)46-61-51(56)38-39-52(58-41-33-30-27-16-13-10-6-2)59-42-34-31-28-17-14-11-7-3/h18-19,21-22,27-28,30-31,48-49,52H,5-17,20,23-26,29,32-47H2,1-4H3/b19-18-,22-21-,30-27-,31-28-. The molecule has 0 saturated carbocycles. The number of carbonyl (C=O) groups excluding carboxylic acids is 3. The van der Waals surface area contributed by atoms with Gasteiger partial charge < -0.3 is 33.3 Å². The summed E-state index contributed by atoms with van der Waals surface area (Å²) in [5.41, 5.74) is 0. The zero-order valence-electron chi connectivity index (χ0n) is 40.7. The predicted molar refractivity (Wildman–Crippen MR) is 258 cm³/mol. The van der Waals surface area contributed by atoms with Crippen LogP contribution in [0, 0.1) is 11.8 Å². The highest BCUT2D eigenvalue weighted by Gasteiger charge is 2.23. The molecule has 364 valence electrons. The maximum absolute atomic E-state index is 13.0. The van der Waals surface area contributed by atoms with E-state index in [0.29, 0.717) is 32.7 Å². The van der Waals surface area contributed by atoms with Gasteiger partial charge in [-0.2, -0.15) is 0 Å². The SMILES string of the molecule is CCCCC/C=C\C/C=C\CCCCCCCC(=O)OCC(COC(=O)CCC(OCC/C=C\CCCCC)OCC/C=C\CCCCC)COC(=O)OCC1CCCN(CC)C1. The quantitative estimate of drug-likeness (QED) is 0.0193. The van der Waals surface area contributed by atoms with Gasteiger partial charge in [-0.3, -0.25) is 9.59 Å². The zero-order valence-corrected chi connectivity index (χ0v) is 40.7. The van der Waals surface area contributed by atoms with Crippen molar-refractivity contribution in [2.24, 2.45) is 11.8 Å². The van der Waals surface area contributed by atoms with Crippen LogP contribution in [0.4, 0.5) is 4.79 Å². The third-order valence-corrected chi connectivity index (χ3v) is 11.3. The molecule has 0 aromatic rings. The number of carbonyl (C=O) groups is 3. The van der Waals surface area contributed by atoms with E-state index in [9.17, 15) is 14.4 Å². The minimum atomic E-state index is -0.764. The average Bonchev–Trinajstić information content (AvgIpc) is 3.29. The van der Waals surface area contributed by atoms with Gasteiger partial charge >= 0.3 is 18.1 Å². The van der Waals surface area contributed by atoms with Gasteiger partial charge in [-0.15, -0.1) is 0 Å². The molecule has 1 fully saturated rings. The number of esters is 2. The normalized spacial score (nSPS) is 15.3. The lowest BCUT2D eigenvalue weighted by atomic mass is 9.99. The molecule has 0 radical (unpaired) electrons. The summed E-state index contributed by atoms with van der Waals surface area (Å²) in [4.78, 5) is 40.7. The van der Waals surface area contributed by atoms with Crippen LogP contribution in [0.3, 0.4) is 0 Å².